The second-order valence-electron chi connectivity index (χ2n) is 6.84. The van der Waals surface area contributed by atoms with Gasteiger partial charge in [0.15, 0.2) is 0 Å². The van der Waals surface area contributed by atoms with Crippen molar-refractivity contribution in [3.63, 3.8) is 0 Å². The van der Waals surface area contributed by atoms with E-state index in [-0.39, 0.29) is 5.97 Å². The largest absolute Gasteiger partial charge is 0.487 e. The summed E-state index contributed by atoms with van der Waals surface area (Å²) in [4.78, 5) is 16.8. The number of benzene rings is 2. The molecule has 0 saturated carbocycles. The summed E-state index contributed by atoms with van der Waals surface area (Å²) in [5, 5.41) is 0. The topological polar surface area (TPSA) is 60.5 Å². The van der Waals surface area contributed by atoms with Gasteiger partial charge in [0.1, 0.15) is 12.4 Å². The maximum Gasteiger partial charge on any atom is 0.337 e. The highest BCUT2D eigenvalue weighted by Crippen LogP contribution is 2.36. The zero-order valence-electron chi connectivity index (χ0n) is 16.2. The van der Waals surface area contributed by atoms with E-state index in [0.717, 1.165) is 34.7 Å². The van der Waals surface area contributed by atoms with Crippen LogP contribution in [-0.4, -0.2) is 18.1 Å². The Bertz CT molecular complexity index is 991. The lowest BCUT2D eigenvalue weighted by atomic mass is 10.1. The van der Waals surface area contributed by atoms with Crippen LogP contribution < -0.4 is 9.46 Å². The van der Waals surface area contributed by atoms with Crippen LogP contribution in [0.3, 0.4) is 0 Å². The number of rotatable bonds is 7. The van der Waals surface area contributed by atoms with Gasteiger partial charge in [0.05, 0.1) is 18.4 Å². The number of pyridine rings is 1. The molecule has 0 bridgehead atoms. The molecule has 0 unspecified atom stereocenters. The minimum atomic E-state index is -0.338. The van der Waals surface area contributed by atoms with Gasteiger partial charge in [0.25, 0.3) is 0 Å². The van der Waals surface area contributed by atoms with E-state index >= 15 is 0 Å². The lowest BCUT2D eigenvalue weighted by molar-refractivity contribution is 0.0600. The van der Waals surface area contributed by atoms with Crippen LogP contribution in [0.4, 0.5) is 5.69 Å². The van der Waals surface area contributed by atoms with Crippen LogP contribution in [0.25, 0.3) is 0 Å². The Morgan fingerprint density at radius 3 is 2.66 bits per heavy atom. The molecule has 1 aromatic heterocycles. The molecule has 0 radical (unpaired) electrons. The van der Waals surface area contributed by atoms with Crippen LogP contribution in [-0.2, 0) is 24.2 Å². The third kappa shape index (κ3) is 4.71. The fourth-order valence-electron chi connectivity index (χ4n) is 3.34. The van der Waals surface area contributed by atoms with Crippen molar-refractivity contribution in [2.45, 2.75) is 30.8 Å². The number of aromatic nitrogens is 1. The maximum absolute atomic E-state index is 11.6. The smallest absolute Gasteiger partial charge is 0.337 e. The molecule has 0 fully saturated rings. The fourth-order valence-corrected chi connectivity index (χ4v) is 3.99. The lowest BCUT2D eigenvalue weighted by Crippen LogP contribution is -2.03. The van der Waals surface area contributed by atoms with Gasteiger partial charge in [-0.3, -0.25) is 4.98 Å². The Morgan fingerprint density at radius 1 is 1.14 bits per heavy atom. The number of ether oxygens (including phenoxy) is 2. The highest BCUT2D eigenvalue weighted by atomic mass is 32.2. The number of methoxy groups -OCH3 is 1. The molecule has 1 aliphatic carbocycles. The number of aryl methyl sites for hydroxylation is 2. The van der Waals surface area contributed by atoms with E-state index in [1.807, 2.05) is 30.5 Å². The van der Waals surface area contributed by atoms with Gasteiger partial charge in [-0.25, -0.2) is 4.79 Å². The minimum absolute atomic E-state index is 0.338. The second kappa shape index (κ2) is 9.01. The van der Waals surface area contributed by atoms with Crippen molar-refractivity contribution in [3.8, 4) is 5.75 Å². The van der Waals surface area contributed by atoms with Gasteiger partial charge < -0.3 is 14.2 Å². The first-order chi connectivity index (χ1) is 14.2. The van der Waals surface area contributed by atoms with Crippen molar-refractivity contribution in [2.75, 3.05) is 11.8 Å². The summed E-state index contributed by atoms with van der Waals surface area (Å²) in [5.74, 6) is 0.495. The molecule has 1 N–H and O–H groups in total. The lowest BCUT2D eigenvalue weighted by Gasteiger charge is -2.15. The van der Waals surface area contributed by atoms with E-state index in [4.69, 9.17) is 9.47 Å². The fraction of sp³-hybridized carbons (Fsp3) is 0.217. The number of hydrogen-bond acceptors (Lipinski definition) is 6. The van der Waals surface area contributed by atoms with Gasteiger partial charge in [-0.2, -0.15) is 0 Å². The summed E-state index contributed by atoms with van der Waals surface area (Å²) in [6, 6.07) is 15.6. The molecule has 6 heteroatoms. The summed E-state index contributed by atoms with van der Waals surface area (Å²) in [7, 11) is 1.38. The molecular formula is C23H22N2O3S. The average molecular weight is 407 g/mol. The third-order valence-corrected chi connectivity index (χ3v) is 5.68. The predicted octanol–water partition coefficient (Wildman–Crippen LogP) is 5.06. The zero-order chi connectivity index (χ0) is 20.1. The normalized spacial score (nSPS) is 12.3. The first-order valence-corrected chi connectivity index (χ1v) is 10.3. The van der Waals surface area contributed by atoms with Gasteiger partial charge >= 0.3 is 5.97 Å². The summed E-state index contributed by atoms with van der Waals surface area (Å²) in [5.41, 5.74) is 5.23. The molecule has 0 saturated heterocycles. The van der Waals surface area contributed by atoms with Crippen LogP contribution >= 0.6 is 11.9 Å². The highest BCUT2D eigenvalue weighted by molar-refractivity contribution is 8.00. The van der Waals surface area contributed by atoms with E-state index in [1.165, 1.54) is 36.6 Å². The van der Waals surface area contributed by atoms with Gasteiger partial charge in [-0.1, -0.05) is 12.1 Å². The monoisotopic (exact) mass is 406 g/mol. The first kappa shape index (κ1) is 19.3. The molecule has 1 aliphatic rings. The molecule has 0 spiro atoms. The van der Waals surface area contributed by atoms with Gasteiger partial charge in [-0.05, 0) is 84.3 Å². The van der Waals surface area contributed by atoms with E-state index < -0.39 is 0 Å². The van der Waals surface area contributed by atoms with Gasteiger partial charge in [-0.15, -0.1) is 0 Å². The Morgan fingerprint density at radius 2 is 1.93 bits per heavy atom. The maximum atomic E-state index is 11.6. The van der Waals surface area contributed by atoms with Crippen LogP contribution in [0.1, 0.15) is 33.5 Å². The SMILES string of the molecule is COC(=O)c1ccc(COc2cc3c(cc2NSc2cccnc2)CCC3)cc1. The summed E-state index contributed by atoms with van der Waals surface area (Å²) in [6.07, 6.45) is 6.98. The molecule has 3 aromatic rings. The van der Waals surface area contributed by atoms with Crippen LogP contribution in [0, 0.1) is 0 Å². The van der Waals surface area contributed by atoms with Crippen LogP contribution in [0.2, 0.25) is 0 Å². The van der Waals surface area contributed by atoms with E-state index in [2.05, 4.69) is 21.8 Å². The number of hydrogen-bond donors (Lipinski definition) is 1. The molecule has 1 heterocycles. The molecule has 0 aliphatic heterocycles. The molecule has 148 valence electrons. The Kier molecular flexibility index (Phi) is 6.00. The summed E-state index contributed by atoms with van der Waals surface area (Å²) in [6.45, 7) is 0.423. The number of carbonyl (C=O) groups excluding carboxylic acids is 1. The number of carbonyl (C=O) groups is 1. The molecule has 2 aromatic carbocycles. The van der Waals surface area contributed by atoms with Crippen LogP contribution in [0.15, 0.2) is 65.8 Å². The molecule has 4 rings (SSSR count). The number of anilines is 1. The average Bonchev–Trinajstić information content (AvgIpc) is 3.23. The minimum Gasteiger partial charge on any atom is -0.487 e. The summed E-state index contributed by atoms with van der Waals surface area (Å²) < 4.78 is 14.3. The number of esters is 1. The van der Waals surface area contributed by atoms with Crippen molar-refractivity contribution in [3.05, 3.63) is 83.2 Å². The van der Waals surface area contributed by atoms with Crippen molar-refractivity contribution < 1.29 is 14.3 Å². The standard InChI is InChI=1S/C23H22N2O3S/c1-27-23(26)17-9-7-16(8-10-17)15-28-22-13-19-5-2-4-18(19)12-21(22)25-29-20-6-3-11-24-14-20/h3,6-14,25H,2,4-5,15H2,1H3. The third-order valence-electron chi connectivity index (χ3n) is 4.88. The Labute approximate surface area is 174 Å². The molecule has 5 nitrogen and oxygen atoms in total. The van der Waals surface area contributed by atoms with E-state index in [0.29, 0.717) is 12.2 Å². The number of nitrogens with zero attached hydrogens (tertiary/aromatic N) is 1. The van der Waals surface area contributed by atoms with E-state index in [1.54, 1.807) is 18.3 Å². The van der Waals surface area contributed by atoms with Crippen molar-refractivity contribution in [1.29, 1.82) is 0 Å². The molecular weight excluding hydrogens is 384 g/mol. The van der Waals surface area contributed by atoms with E-state index in [9.17, 15) is 4.79 Å². The second-order valence-corrected chi connectivity index (χ2v) is 7.72. The summed E-state index contributed by atoms with van der Waals surface area (Å²) >= 11 is 1.52. The zero-order valence-corrected chi connectivity index (χ0v) is 17.0. The molecule has 0 atom stereocenters. The highest BCUT2D eigenvalue weighted by Gasteiger charge is 2.16. The molecule has 29 heavy (non-hydrogen) atoms. The van der Waals surface area contributed by atoms with Crippen LogP contribution in [0.5, 0.6) is 5.75 Å². The number of nitrogens with one attached hydrogen (secondary N) is 1. The van der Waals surface area contributed by atoms with Crippen molar-refractivity contribution >= 4 is 23.6 Å². The van der Waals surface area contributed by atoms with Gasteiger partial charge in [0.2, 0.25) is 0 Å². The van der Waals surface area contributed by atoms with Gasteiger partial charge in [0, 0.05) is 17.3 Å². The van der Waals surface area contributed by atoms with Crippen molar-refractivity contribution in [2.24, 2.45) is 0 Å². The molecule has 0 amide bonds. The van der Waals surface area contributed by atoms with Crippen molar-refractivity contribution in [1.82, 2.24) is 4.98 Å². The quantitative estimate of drug-likeness (QED) is 0.437. The predicted molar refractivity (Wildman–Crippen MR) is 114 cm³/mol. The number of fused-ring (bicyclic) bond motifs is 1. The first-order valence-electron chi connectivity index (χ1n) is 9.51. The Balaban J connectivity index is 1.49. The Hall–Kier alpha value is -2.99.